The van der Waals surface area contributed by atoms with E-state index in [1.807, 2.05) is 0 Å². The fourth-order valence-corrected chi connectivity index (χ4v) is 3.70. The lowest BCUT2D eigenvalue weighted by Crippen LogP contribution is -2.08. The number of thioether (sulfide) groups is 1. The summed E-state index contributed by atoms with van der Waals surface area (Å²) in [5.41, 5.74) is 2.87. The van der Waals surface area contributed by atoms with E-state index in [2.05, 4.69) is 43.0 Å². The van der Waals surface area contributed by atoms with Crippen molar-refractivity contribution in [3.8, 4) is 0 Å². The Morgan fingerprint density at radius 3 is 2.75 bits per heavy atom. The summed E-state index contributed by atoms with van der Waals surface area (Å²) in [5, 5.41) is 0. The van der Waals surface area contributed by atoms with Gasteiger partial charge in [-0.1, -0.05) is 49.1 Å². The Bertz CT molecular complexity index is 313. The number of aryl methyl sites for hydroxylation is 1. The fourth-order valence-electron chi connectivity index (χ4n) is 2.50. The zero-order chi connectivity index (χ0) is 11.2. The van der Waals surface area contributed by atoms with Gasteiger partial charge in [-0.05, 0) is 37.0 Å². The maximum absolute atomic E-state index is 2.31. The summed E-state index contributed by atoms with van der Waals surface area (Å²) in [6, 6.07) is 8.91. The fraction of sp³-hybridized carbons (Fsp3) is 0.600. The van der Waals surface area contributed by atoms with Crippen molar-refractivity contribution in [3.63, 3.8) is 0 Å². The first-order valence-corrected chi connectivity index (χ1v) is 7.63. The van der Waals surface area contributed by atoms with Crippen molar-refractivity contribution in [2.75, 3.05) is 5.75 Å². The van der Waals surface area contributed by atoms with Gasteiger partial charge in [-0.25, -0.2) is 0 Å². The van der Waals surface area contributed by atoms with E-state index >= 15 is 0 Å². The highest BCUT2D eigenvalue weighted by Crippen LogP contribution is 2.27. The SMILES string of the molecule is Cc1cccc(CSCC2CCCCC2)c1. The number of rotatable bonds is 4. The topological polar surface area (TPSA) is 0 Å². The molecule has 1 heteroatoms. The van der Waals surface area contributed by atoms with Crippen LogP contribution in [0.15, 0.2) is 24.3 Å². The lowest BCUT2D eigenvalue weighted by Gasteiger charge is -2.20. The summed E-state index contributed by atoms with van der Waals surface area (Å²) in [6.07, 6.45) is 7.35. The average Bonchev–Trinajstić information content (AvgIpc) is 2.30. The molecule has 0 radical (unpaired) electrons. The van der Waals surface area contributed by atoms with Crippen molar-refractivity contribution in [1.82, 2.24) is 0 Å². The highest BCUT2D eigenvalue weighted by atomic mass is 32.2. The second kappa shape index (κ2) is 6.34. The van der Waals surface area contributed by atoms with Crippen molar-refractivity contribution in [2.45, 2.75) is 44.8 Å². The molecule has 2 rings (SSSR count). The minimum Gasteiger partial charge on any atom is -0.157 e. The quantitative estimate of drug-likeness (QED) is 0.720. The Hall–Kier alpha value is -0.430. The molecule has 1 aliphatic rings. The summed E-state index contributed by atoms with van der Waals surface area (Å²) < 4.78 is 0. The second-order valence-electron chi connectivity index (χ2n) is 5.01. The third-order valence-electron chi connectivity index (χ3n) is 3.43. The molecule has 1 aromatic carbocycles. The number of hydrogen-bond acceptors (Lipinski definition) is 1. The number of hydrogen-bond donors (Lipinski definition) is 0. The average molecular weight is 234 g/mol. The Kier molecular flexibility index (Phi) is 4.77. The molecule has 1 aliphatic carbocycles. The van der Waals surface area contributed by atoms with Crippen LogP contribution >= 0.6 is 11.8 Å². The maximum atomic E-state index is 2.31. The van der Waals surface area contributed by atoms with Crippen molar-refractivity contribution in [3.05, 3.63) is 35.4 Å². The highest BCUT2D eigenvalue weighted by Gasteiger charge is 2.12. The molecule has 0 nitrogen and oxygen atoms in total. The van der Waals surface area contributed by atoms with E-state index in [9.17, 15) is 0 Å². The molecular formula is C15H22S. The normalized spacial score (nSPS) is 17.6. The highest BCUT2D eigenvalue weighted by molar-refractivity contribution is 7.98. The van der Waals surface area contributed by atoms with E-state index < -0.39 is 0 Å². The zero-order valence-electron chi connectivity index (χ0n) is 10.2. The van der Waals surface area contributed by atoms with Crippen molar-refractivity contribution in [1.29, 1.82) is 0 Å². The molecule has 0 spiro atoms. The monoisotopic (exact) mass is 234 g/mol. The minimum absolute atomic E-state index is 1.00. The Labute approximate surface area is 104 Å². The van der Waals surface area contributed by atoms with E-state index in [1.54, 1.807) is 0 Å². The molecule has 0 atom stereocenters. The first kappa shape index (κ1) is 12.0. The molecule has 1 saturated carbocycles. The van der Waals surface area contributed by atoms with Gasteiger partial charge >= 0.3 is 0 Å². The Morgan fingerprint density at radius 2 is 2.00 bits per heavy atom. The summed E-state index contributed by atoms with van der Waals surface area (Å²) >= 11 is 2.12. The van der Waals surface area contributed by atoms with Gasteiger partial charge in [0.05, 0.1) is 0 Å². The van der Waals surface area contributed by atoms with E-state index in [1.165, 1.54) is 54.7 Å². The molecule has 0 saturated heterocycles. The molecule has 0 unspecified atom stereocenters. The molecule has 0 heterocycles. The van der Waals surface area contributed by atoms with Crippen LogP contribution in [0.25, 0.3) is 0 Å². The van der Waals surface area contributed by atoms with Crippen LogP contribution in [0.2, 0.25) is 0 Å². The molecule has 0 aliphatic heterocycles. The van der Waals surface area contributed by atoms with Gasteiger partial charge in [0.15, 0.2) is 0 Å². The van der Waals surface area contributed by atoms with E-state index in [4.69, 9.17) is 0 Å². The molecule has 0 bridgehead atoms. The van der Waals surface area contributed by atoms with Gasteiger partial charge in [-0.2, -0.15) is 11.8 Å². The molecule has 1 aromatic rings. The van der Waals surface area contributed by atoms with Crippen molar-refractivity contribution < 1.29 is 0 Å². The minimum atomic E-state index is 1.00. The summed E-state index contributed by atoms with van der Waals surface area (Å²) in [6.45, 7) is 2.18. The van der Waals surface area contributed by atoms with E-state index in [0.717, 1.165) is 5.92 Å². The van der Waals surface area contributed by atoms with Gasteiger partial charge < -0.3 is 0 Å². The molecule has 16 heavy (non-hydrogen) atoms. The molecule has 88 valence electrons. The summed E-state index contributed by atoms with van der Waals surface area (Å²) in [5.74, 6) is 3.56. The van der Waals surface area contributed by atoms with Gasteiger partial charge in [0, 0.05) is 5.75 Å². The Morgan fingerprint density at radius 1 is 1.19 bits per heavy atom. The lowest BCUT2D eigenvalue weighted by molar-refractivity contribution is 0.391. The predicted octanol–water partition coefficient (Wildman–Crippen LogP) is 4.81. The van der Waals surface area contributed by atoms with Crippen LogP contribution in [0.3, 0.4) is 0 Å². The first-order chi connectivity index (χ1) is 7.84. The van der Waals surface area contributed by atoms with Crippen LogP contribution in [0.5, 0.6) is 0 Å². The van der Waals surface area contributed by atoms with Gasteiger partial charge in [0.25, 0.3) is 0 Å². The third kappa shape index (κ3) is 3.86. The van der Waals surface area contributed by atoms with Crippen LogP contribution in [-0.2, 0) is 5.75 Å². The van der Waals surface area contributed by atoms with E-state index in [0.29, 0.717) is 0 Å². The molecule has 0 aromatic heterocycles. The lowest BCUT2D eigenvalue weighted by atomic mass is 9.91. The second-order valence-corrected chi connectivity index (χ2v) is 6.04. The van der Waals surface area contributed by atoms with Gasteiger partial charge in [0.2, 0.25) is 0 Å². The summed E-state index contributed by atoms with van der Waals surface area (Å²) in [7, 11) is 0. The van der Waals surface area contributed by atoms with Crippen LogP contribution in [0, 0.1) is 12.8 Å². The first-order valence-electron chi connectivity index (χ1n) is 6.48. The molecule has 1 fully saturated rings. The van der Waals surface area contributed by atoms with Crippen molar-refractivity contribution in [2.24, 2.45) is 5.92 Å². The molecule has 0 N–H and O–H groups in total. The Balaban J connectivity index is 1.71. The maximum Gasteiger partial charge on any atom is 0.0184 e. The summed E-state index contributed by atoms with van der Waals surface area (Å²) in [4.78, 5) is 0. The van der Waals surface area contributed by atoms with Gasteiger partial charge in [-0.15, -0.1) is 0 Å². The van der Waals surface area contributed by atoms with Crippen LogP contribution in [-0.4, -0.2) is 5.75 Å². The smallest absolute Gasteiger partial charge is 0.0184 e. The third-order valence-corrected chi connectivity index (χ3v) is 4.67. The van der Waals surface area contributed by atoms with Crippen LogP contribution < -0.4 is 0 Å². The van der Waals surface area contributed by atoms with E-state index in [-0.39, 0.29) is 0 Å². The van der Waals surface area contributed by atoms with Gasteiger partial charge in [-0.3, -0.25) is 0 Å². The van der Waals surface area contributed by atoms with Crippen LogP contribution in [0.4, 0.5) is 0 Å². The van der Waals surface area contributed by atoms with Gasteiger partial charge in [0.1, 0.15) is 0 Å². The zero-order valence-corrected chi connectivity index (χ0v) is 11.1. The van der Waals surface area contributed by atoms with Crippen molar-refractivity contribution >= 4 is 11.8 Å². The van der Waals surface area contributed by atoms with Crippen LogP contribution in [0.1, 0.15) is 43.2 Å². The standard InChI is InChI=1S/C15H22S/c1-13-6-5-9-15(10-13)12-16-11-14-7-3-2-4-8-14/h5-6,9-10,14H,2-4,7-8,11-12H2,1H3. The molecular weight excluding hydrogens is 212 g/mol. The largest absolute Gasteiger partial charge is 0.157 e. The molecule has 0 amide bonds. The predicted molar refractivity (Wildman–Crippen MR) is 73.9 cm³/mol. The number of benzene rings is 1.